The van der Waals surface area contributed by atoms with Crippen LogP contribution in [-0.4, -0.2) is 11.7 Å². The van der Waals surface area contributed by atoms with Crippen LogP contribution < -0.4 is 5.32 Å². The van der Waals surface area contributed by atoms with Gasteiger partial charge in [0.05, 0.1) is 0 Å². The minimum absolute atomic E-state index is 0.304. The van der Waals surface area contributed by atoms with Gasteiger partial charge in [0, 0.05) is 13.0 Å². The Morgan fingerprint density at radius 2 is 1.78 bits per heavy atom. The summed E-state index contributed by atoms with van der Waals surface area (Å²) in [6.07, 6.45) is 4.45. The first-order chi connectivity index (χ1) is 8.74. The molecule has 0 bridgehead atoms. The number of hydrogen-bond donors (Lipinski definition) is 1. The number of hydrogen-bond acceptors (Lipinski definition) is 2. The zero-order valence-corrected chi connectivity index (χ0v) is 10.9. The van der Waals surface area contributed by atoms with Gasteiger partial charge in [-0.15, -0.1) is 0 Å². The van der Waals surface area contributed by atoms with Crippen LogP contribution in [0.15, 0.2) is 30.3 Å². The van der Waals surface area contributed by atoms with Crippen molar-refractivity contribution in [1.82, 2.24) is 5.32 Å². The lowest BCUT2D eigenvalue weighted by Gasteiger charge is -2.04. The van der Waals surface area contributed by atoms with Crippen molar-refractivity contribution in [3.63, 3.8) is 0 Å². The van der Waals surface area contributed by atoms with E-state index >= 15 is 0 Å². The van der Waals surface area contributed by atoms with Gasteiger partial charge in [0.15, 0.2) is 0 Å². The van der Waals surface area contributed by atoms with Gasteiger partial charge in [0.25, 0.3) is 5.91 Å². The average Bonchev–Trinajstić information content (AvgIpc) is 2.42. The second kappa shape index (κ2) is 8.45. The molecule has 1 rings (SSSR count). The van der Waals surface area contributed by atoms with E-state index < -0.39 is 5.91 Å². The third kappa shape index (κ3) is 5.62. The Morgan fingerprint density at radius 3 is 2.44 bits per heavy atom. The van der Waals surface area contributed by atoms with E-state index in [4.69, 9.17) is 0 Å². The molecule has 0 spiro atoms. The largest absolute Gasteiger partial charge is 0.345 e. The maximum Gasteiger partial charge on any atom is 0.287 e. The lowest BCUT2D eigenvalue weighted by Crippen LogP contribution is -2.30. The third-order valence-corrected chi connectivity index (χ3v) is 2.81. The molecule has 1 amide bonds. The van der Waals surface area contributed by atoms with Crippen molar-refractivity contribution in [2.24, 2.45) is 0 Å². The van der Waals surface area contributed by atoms with E-state index in [1.165, 1.54) is 0 Å². The number of benzene rings is 1. The van der Waals surface area contributed by atoms with Crippen LogP contribution in [0, 0.1) is 0 Å². The van der Waals surface area contributed by atoms with Gasteiger partial charge in [-0.25, -0.2) is 0 Å². The van der Waals surface area contributed by atoms with Crippen molar-refractivity contribution in [3.8, 4) is 0 Å². The molecule has 0 aliphatic carbocycles. The first-order valence-corrected chi connectivity index (χ1v) is 6.59. The second-order valence-corrected chi connectivity index (χ2v) is 4.40. The van der Waals surface area contributed by atoms with Crippen LogP contribution in [0.5, 0.6) is 0 Å². The molecule has 0 heterocycles. The monoisotopic (exact) mass is 247 g/mol. The van der Waals surface area contributed by atoms with Crippen molar-refractivity contribution in [1.29, 1.82) is 0 Å². The van der Waals surface area contributed by atoms with E-state index in [0.29, 0.717) is 13.0 Å². The molecule has 18 heavy (non-hydrogen) atoms. The lowest BCUT2D eigenvalue weighted by molar-refractivity contribution is -0.138. The van der Waals surface area contributed by atoms with Crippen molar-refractivity contribution in [2.45, 2.75) is 45.6 Å². The van der Waals surface area contributed by atoms with E-state index in [9.17, 15) is 9.59 Å². The molecule has 0 aromatic heterocycles. The summed E-state index contributed by atoms with van der Waals surface area (Å²) in [5.41, 5.74) is 1.00. The van der Waals surface area contributed by atoms with Gasteiger partial charge in [-0.3, -0.25) is 9.59 Å². The van der Waals surface area contributed by atoms with E-state index in [0.717, 1.165) is 31.2 Å². The van der Waals surface area contributed by atoms with Gasteiger partial charge < -0.3 is 5.32 Å². The molecule has 3 heteroatoms. The van der Waals surface area contributed by atoms with Gasteiger partial charge >= 0.3 is 0 Å². The minimum atomic E-state index is -0.463. The molecule has 0 saturated heterocycles. The normalized spacial score (nSPS) is 10.1. The Hall–Kier alpha value is -1.64. The fraction of sp³-hybridized carbons (Fsp3) is 0.467. The molecule has 0 fully saturated rings. The molecule has 0 radical (unpaired) electrons. The molecule has 0 saturated carbocycles. The first kappa shape index (κ1) is 14.4. The van der Waals surface area contributed by atoms with Crippen molar-refractivity contribution >= 4 is 11.7 Å². The highest BCUT2D eigenvalue weighted by molar-refractivity contribution is 6.36. The van der Waals surface area contributed by atoms with Crippen LogP contribution in [0.4, 0.5) is 0 Å². The summed E-state index contributed by atoms with van der Waals surface area (Å²) in [6.45, 7) is 2.54. The summed E-state index contributed by atoms with van der Waals surface area (Å²) in [6, 6.07) is 9.59. The Labute approximate surface area is 109 Å². The SMILES string of the molecule is CCCCCCC(=O)C(=O)NCc1ccccc1. The Balaban J connectivity index is 2.22. The van der Waals surface area contributed by atoms with Crippen LogP contribution in [-0.2, 0) is 16.1 Å². The average molecular weight is 247 g/mol. The maximum atomic E-state index is 11.5. The Morgan fingerprint density at radius 1 is 1.06 bits per heavy atom. The molecule has 1 N–H and O–H groups in total. The fourth-order valence-electron chi connectivity index (χ4n) is 1.70. The topological polar surface area (TPSA) is 46.2 Å². The fourth-order valence-corrected chi connectivity index (χ4v) is 1.70. The predicted molar refractivity (Wildman–Crippen MR) is 72.1 cm³/mol. The summed E-state index contributed by atoms with van der Waals surface area (Å²) in [4.78, 5) is 23.0. The van der Waals surface area contributed by atoms with Crippen molar-refractivity contribution in [2.75, 3.05) is 0 Å². The molecule has 3 nitrogen and oxygen atoms in total. The molecule has 0 atom stereocenters. The molecular weight excluding hydrogens is 226 g/mol. The van der Waals surface area contributed by atoms with Gasteiger partial charge in [-0.1, -0.05) is 56.5 Å². The highest BCUT2D eigenvalue weighted by Gasteiger charge is 2.12. The predicted octanol–water partition coefficient (Wildman–Crippen LogP) is 2.84. The summed E-state index contributed by atoms with van der Waals surface area (Å²) < 4.78 is 0. The van der Waals surface area contributed by atoms with Crippen LogP contribution in [0.2, 0.25) is 0 Å². The molecular formula is C15H21NO2. The Kier molecular flexibility index (Phi) is 6.77. The van der Waals surface area contributed by atoms with E-state index in [1.54, 1.807) is 0 Å². The molecule has 1 aromatic carbocycles. The standard InChI is InChI=1S/C15H21NO2/c1-2-3-4-8-11-14(17)15(18)16-12-13-9-6-5-7-10-13/h5-7,9-10H,2-4,8,11-12H2,1H3,(H,16,18). The quantitative estimate of drug-likeness (QED) is 0.567. The van der Waals surface area contributed by atoms with Gasteiger partial charge in [-0.05, 0) is 12.0 Å². The van der Waals surface area contributed by atoms with Crippen LogP contribution in [0.25, 0.3) is 0 Å². The Bertz CT molecular complexity index is 373. The number of carbonyl (C=O) groups is 2. The van der Waals surface area contributed by atoms with Crippen LogP contribution >= 0.6 is 0 Å². The van der Waals surface area contributed by atoms with Gasteiger partial charge in [0.2, 0.25) is 5.78 Å². The lowest BCUT2D eigenvalue weighted by atomic mass is 10.1. The second-order valence-electron chi connectivity index (χ2n) is 4.40. The minimum Gasteiger partial charge on any atom is -0.345 e. The molecule has 1 aromatic rings. The number of Topliss-reactive ketones (excluding diaryl/α,β-unsaturated/α-hetero) is 1. The van der Waals surface area contributed by atoms with Crippen molar-refractivity contribution in [3.05, 3.63) is 35.9 Å². The number of rotatable bonds is 8. The molecule has 0 aliphatic heterocycles. The van der Waals surface area contributed by atoms with E-state index in [1.807, 2.05) is 30.3 Å². The zero-order valence-electron chi connectivity index (χ0n) is 10.9. The van der Waals surface area contributed by atoms with E-state index in [-0.39, 0.29) is 5.78 Å². The van der Waals surface area contributed by atoms with Gasteiger partial charge in [-0.2, -0.15) is 0 Å². The number of nitrogens with one attached hydrogen (secondary N) is 1. The highest BCUT2D eigenvalue weighted by Crippen LogP contribution is 2.03. The molecule has 98 valence electrons. The molecule has 0 aliphatic rings. The number of ketones is 1. The third-order valence-electron chi connectivity index (χ3n) is 2.81. The van der Waals surface area contributed by atoms with Gasteiger partial charge in [0.1, 0.15) is 0 Å². The van der Waals surface area contributed by atoms with Crippen molar-refractivity contribution < 1.29 is 9.59 Å². The zero-order chi connectivity index (χ0) is 13.2. The summed E-state index contributed by atoms with van der Waals surface area (Å²) in [7, 11) is 0. The number of unbranched alkanes of at least 4 members (excludes halogenated alkanes) is 3. The van der Waals surface area contributed by atoms with E-state index in [2.05, 4.69) is 12.2 Å². The smallest absolute Gasteiger partial charge is 0.287 e. The number of amides is 1. The summed E-state index contributed by atoms with van der Waals surface area (Å²) >= 11 is 0. The highest BCUT2D eigenvalue weighted by atomic mass is 16.2. The summed E-state index contributed by atoms with van der Waals surface area (Å²) in [5.74, 6) is -0.766. The maximum absolute atomic E-state index is 11.5. The van der Waals surface area contributed by atoms with Crippen LogP contribution in [0.3, 0.4) is 0 Å². The van der Waals surface area contributed by atoms with Crippen LogP contribution in [0.1, 0.15) is 44.6 Å². The molecule has 0 unspecified atom stereocenters. The summed E-state index contributed by atoms with van der Waals surface area (Å²) in [5, 5.41) is 2.65. The number of carbonyl (C=O) groups excluding carboxylic acids is 2. The first-order valence-electron chi connectivity index (χ1n) is 6.59.